The number of amides is 1. The molecule has 2 aromatic carbocycles. The average molecular weight is 278 g/mol. The summed E-state index contributed by atoms with van der Waals surface area (Å²) in [5.74, 6) is -0.269. The van der Waals surface area contributed by atoms with Crippen LogP contribution in [0.25, 0.3) is 0 Å². The van der Waals surface area contributed by atoms with Gasteiger partial charge >= 0.3 is 0 Å². The summed E-state index contributed by atoms with van der Waals surface area (Å²) in [5, 5.41) is 11.1. The molecule has 0 unspecified atom stereocenters. The number of rotatable bonds is 6. The Hall–Kier alpha value is -2.60. The molecule has 1 N–H and O–H groups in total. The van der Waals surface area contributed by atoms with Gasteiger partial charge in [0.25, 0.3) is 0 Å². The Balaban J connectivity index is 1.80. The molecular formula is C18H18N2O. The van der Waals surface area contributed by atoms with Crippen molar-refractivity contribution in [3.63, 3.8) is 0 Å². The van der Waals surface area contributed by atoms with Gasteiger partial charge in [0.2, 0.25) is 5.91 Å². The van der Waals surface area contributed by atoms with Crippen molar-refractivity contribution in [3.8, 4) is 6.07 Å². The van der Waals surface area contributed by atoms with Crippen molar-refractivity contribution >= 4 is 11.6 Å². The minimum Gasteiger partial charge on any atom is -0.325 e. The summed E-state index contributed by atoms with van der Waals surface area (Å²) < 4.78 is 0. The average Bonchev–Trinajstić information content (AvgIpc) is 2.50. The van der Waals surface area contributed by atoms with Gasteiger partial charge in [0.05, 0.1) is 6.07 Å². The van der Waals surface area contributed by atoms with Crippen LogP contribution in [0.3, 0.4) is 0 Å². The molecule has 0 spiro atoms. The Bertz CT molecular complexity index is 612. The minimum absolute atomic E-state index is 0.112. The van der Waals surface area contributed by atoms with Gasteiger partial charge in [-0.2, -0.15) is 5.26 Å². The van der Waals surface area contributed by atoms with Crippen molar-refractivity contribution in [2.24, 2.45) is 0 Å². The normalized spacial score (nSPS) is 9.86. The highest BCUT2D eigenvalue weighted by Gasteiger charge is 2.01. The predicted octanol–water partition coefficient (Wildman–Crippen LogP) is 3.71. The van der Waals surface area contributed by atoms with Crippen molar-refractivity contribution in [2.75, 3.05) is 5.32 Å². The van der Waals surface area contributed by atoms with E-state index >= 15 is 0 Å². The number of carbonyl (C=O) groups excluding carboxylic acids is 1. The van der Waals surface area contributed by atoms with E-state index in [0.717, 1.165) is 24.9 Å². The number of hydrogen-bond donors (Lipinski definition) is 1. The first kappa shape index (κ1) is 14.8. The summed E-state index contributed by atoms with van der Waals surface area (Å²) in [7, 11) is 0. The maximum absolute atomic E-state index is 11.3. The fourth-order valence-corrected chi connectivity index (χ4v) is 2.17. The number of nitrogens with one attached hydrogen (secondary N) is 1. The molecule has 0 aliphatic carbocycles. The Morgan fingerprint density at radius 2 is 1.57 bits per heavy atom. The number of carbonyl (C=O) groups is 1. The van der Waals surface area contributed by atoms with Crippen molar-refractivity contribution in [1.29, 1.82) is 5.26 Å². The molecule has 1 amide bonds. The van der Waals surface area contributed by atoms with Gasteiger partial charge in [0.15, 0.2) is 0 Å². The zero-order valence-electron chi connectivity index (χ0n) is 11.9. The van der Waals surface area contributed by atoms with Crippen molar-refractivity contribution in [1.82, 2.24) is 0 Å². The molecule has 3 heteroatoms. The van der Waals surface area contributed by atoms with E-state index in [1.54, 1.807) is 0 Å². The second kappa shape index (κ2) is 7.86. The quantitative estimate of drug-likeness (QED) is 0.875. The molecule has 0 saturated heterocycles. The standard InChI is InChI=1S/C18H18N2O/c19-14-13-18(21)20-17-11-9-16(10-12-17)8-4-7-15-5-2-1-3-6-15/h1-3,5-6,9-12H,4,7-8,13H2,(H,20,21). The van der Waals surface area contributed by atoms with E-state index in [2.05, 4.69) is 29.6 Å². The molecule has 0 aliphatic rings. The lowest BCUT2D eigenvalue weighted by Crippen LogP contribution is -2.09. The summed E-state index contributed by atoms with van der Waals surface area (Å²) in [6.45, 7) is 0. The molecule has 0 radical (unpaired) electrons. The molecular weight excluding hydrogens is 260 g/mol. The van der Waals surface area contributed by atoms with Gasteiger partial charge in [-0.05, 0) is 42.5 Å². The van der Waals surface area contributed by atoms with Crippen LogP contribution in [-0.2, 0) is 17.6 Å². The number of aryl methyl sites for hydroxylation is 2. The first-order valence-corrected chi connectivity index (χ1v) is 7.07. The van der Waals surface area contributed by atoms with Crippen LogP contribution in [0.5, 0.6) is 0 Å². The number of hydrogen-bond acceptors (Lipinski definition) is 2. The van der Waals surface area contributed by atoms with Crippen LogP contribution in [0.15, 0.2) is 54.6 Å². The van der Waals surface area contributed by atoms with E-state index < -0.39 is 0 Å². The van der Waals surface area contributed by atoms with Crippen LogP contribution in [0.2, 0.25) is 0 Å². The molecule has 3 nitrogen and oxygen atoms in total. The molecule has 2 aromatic rings. The third-order valence-corrected chi connectivity index (χ3v) is 3.25. The third kappa shape index (κ3) is 5.12. The van der Waals surface area contributed by atoms with Crippen molar-refractivity contribution in [3.05, 3.63) is 65.7 Å². The number of nitriles is 1. The second-order valence-corrected chi connectivity index (χ2v) is 4.92. The van der Waals surface area contributed by atoms with Crippen LogP contribution in [0.4, 0.5) is 5.69 Å². The van der Waals surface area contributed by atoms with Gasteiger partial charge in [0, 0.05) is 5.69 Å². The van der Waals surface area contributed by atoms with Crippen LogP contribution >= 0.6 is 0 Å². The lowest BCUT2D eigenvalue weighted by molar-refractivity contribution is -0.115. The summed E-state index contributed by atoms with van der Waals surface area (Å²) in [6, 6.07) is 20.1. The molecule has 106 valence electrons. The molecule has 21 heavy (non-hydrogen) atoms. The smallest absolute Gasteiger partial charge is 0.238 e. The Kier molecular flexibility index (Phi) is 5.54. The highest BCUT2D eigenvalue weighted by Crippen LogP contribution is 2.13. The van der Waals surface area contributed by atoms with Crippen LogP contribution < -0.4 is 5.32 Å². The zero-order chi connectivity index (χ0) is 14.9. The highest BCUT2D eigenvalue weighted by atomic mass is 16.1. The van der Waals surface area contributed by atoms with Gasteiger partial charge in [-0.15, -0.1) is 0 Å². The van der Waals surface area contributed by atoms with E-state index in [0.29, 0.717) is 0 Å². The van der Waals surface area contributed by atoms with E-state index in [9.17, 15) is 4.79 Å². The number of benzene rings is 2. The molecule has 0 atom stereocenters. The topological polar surface area (TPSA) is 52.9 Å². The molecule has 0 bridgehead atoms. The maximum atomic E-state index is 11.3. The van der Waals surface area contributed by atoms with Crippen molar-refractivity contribution < 1.29 is 4.79 Å². The lowest BCUT2D eigenvalue weighted by Gasteiger charge is -2.05. The summed E-state index contributed by atoms with van der Waals surface area (Å²) in [6.07, 6.45) is 3.08. The lowest BCUT2D eigenvalue weighted by atomic mass is 10.0. The van der Waals surface area contributed by atoms with Gasteiger partial charge < -0.3 is 5.32 Å². The van der Waals surface area contributed by atoms with Crippen LogP contribution in [-0.4, -0.2) is 5.91 Å². The van der Waals surface area contributed by atoms with E-state index in [-0.39, 0.29) is 12.3 Å². The number of anilines is 1. The Labute approximate surface area is 125 Å². The van der Waals surface area contributed by atoms with Gasteiger partial charge in [0.1, 0.15) is 6.42 Å². The van der Waals surface area contributed by atoms with Gasteiger partial charge in [-0.3, -0.25) is 4.79 Å². The predicted molar refractivity (Wildman–Crippen MR) is 83.8 cm³/mol. The maximum Gasteiger partial charge on any atom is 0.238 e. The summed E-state index contributed by atoms with van der Waals surface area (Å²) in [5.41, 5.74) is 3.35. The highest BCUT2D eigenvalue weighted by molar-refractivity contribution is 5.91. The fraction of sp³-hybridized carbons (Fsp3) is 0.222. The molecule has 0 saturated carbocycles. The zero-order valence-corrected chi connectivity index (χ0v) is 11.9. The summed E-state index contributed by atoms with van der Waals surface area (Å²) in [4.78, 5) is 11.3. The Morgan fingerprint density at radius 3 is 2.19 bits per heavy atom. The van der Waals surface area contributed by atoms with Crippen LogP contribution in [0, 0.1) is 11.3 Å². The Morgan fingerprint density at radius 1 is 0.952 bits per heavy atom. The first-order valence-electron chi connectivity index (χ1n) is 7.07. The van der Waals surface area contributed by atoms with E-state index in [1.807, 2.05) is 36.4 Å². The molecule has 0 aromatic heterocycles. The van der Waals surface area contributed by atoms with Gasteiger partial charge in [-0.25, -0.2) is 0 Å². The van der Waals surface area contributed by atoms with Gasteiger partial charge in [-0.1, -0.05) is 42.5 Å². The fourth-order valence-electron chi connectivity index (χ4n) is 2.17. The van der Waals surface area contributed by atoms with Crippen LogP contribution in [0.1, 0.15) is 24.0 Å². The molecule has 0 heterocycles. The largest absolute Gasteiger partial charge is 0.325 e. The molecule has 0 fully saturated rings. The number of nitrogens with zero attached hydrogens (tertiary/aromatic N) is 1. The summed E-state index contributed by atoms with van der Waals surface area (Å²) >= 11 is 0. The monoisotopic (exact) mass is 278 g/mol. The SMILES string of the molecule is N#CCC(=O)Nc1ccc(CCCc2ccccc2)cc1. The van der Waals surface area contributed by atoms with E-state index in [1.165, 1.54) is 11.1 Å². The minimum atomic E-state index is -0.269. The second-order valence-electron chi connectivity index (χ2n) is 4.92. The molecule has 2 rings (SSSR count). The third-order valence-electron chi connectivity index (χ3n) is 3.25. The van der Waals surface area contributed by atoms with Crippen molar-refractivity contribution in [2.45, 2.75) is 25.7 Å². The first-order chi connectivity index (χ1) is 10.3. The molecule has 0 aliphatic heterocycles. The van der Waals surface area contributed by atoms with E-state index in [4.69, 9.17) is 5.26 Å².